The summed E-state index contributed by atoms with van der Waals surface area (Å²) in [5.74, 6) is -1.45. The third-order valence-electron chi connectivity index (χ3n) is 7.34. The molecule has 4 aromatic rings. The van der Waals surface area contributed by atoms with Crippen molar-refractivity contribution in [2.45, 2.75) is 40.7 Å². The van der Waals surface area contributed by atoms with Crippen LogP contribution in [0.25, 0.3) is 21.6 Å². The Morgan fingerprint density at radius 2 is 1.77 bits per heavy atom. The van der Waals surface area contributed by atoms with Gasteiger partial charge in [0.15, 0.2) is 5.69 Å². The highest BCUT2D eigenvalue weighted by Gasteiger charge is 2.27. The maximum Gasteiger partial charge on any atom is 0.355 e. The average Bonchev–Trinajstić information content (AvgIpc) is 3.38. The van der Waals surface area contributed by atoms with Crippen LogP contribution in [0.2, 0.25) is 0 Å². The standard InChI is InChI=1S/C33H34N4O5S/c1-17(2)16-35-32(39)26-6-5-22(29(36-26)33(40)41)23-14-27-25(30-21(7-9-42-27)8-10-43-30)13-24(23)31(38)37-28-18(3)11-20(15-34)12-19(28)4/h5-6,8,10-14,17H,7,9,15-16,34H2,1-4H3,(H,35,39)(H,37,38)(H,40,41). The Morgan fingerprint density at radius 3 is 2.44 bits per heavy atom. The summed E-state index contributed by atoms with van der Waals surface area (Å²) in [7, 11) is 0. The molecule has 0 bridgehead atoms. The van der Waals surface area contributed by atoms with E-state index in [4.69, 9.17) is 10.5 Å². The second kappa shape index (κ2) is 12.4. The van der Waals surface area contributed by atoms with Gasteiger partial charge in [-0.15, -0.1) is 11.3 Å². The number of carboxylic acids is 1. The molecular formula is C33H34N4O5S. The minimum absolute atomic E-state index is 0.0201. The van der Waals surface area contributed by atoms with E-state index in [1.54, 1.807) is 23.5 Å². The van der Waals surface area contributed by atoms with Gasteiger partial charge in [0.25, 0.3) is 11.8 Å². The zero-order chi connectivity index (χ0) is 30.8. The van der Waals surface area contributed by atoms with Gasteiger partial charge in [-0.2, -0.15) is 0 Å². The predicted molar refractivity (Wildman–Crippen MR) is 168 cm³/mol. The van der Waals surface area contributed by atoms with Gasteiger partial charge in [-0.05, 0) is 77.7 Å². The maximum absolute atomic E-state index is 14.1. The first kappa shape index (κ1) is 29.9. The normalized spacial score (nSPS) is 12.1. The quantitative estimate of drug-likeness (QED) is 0.200. The lowest BCUT2D eigenvalue weighted by atomic mass is 9.93. The molecule has 9 nitrogen and oxygen atoms in total. The van der Waals surface area contributed by atoms with Gasteiger partial charge in [0.05, 0.1) is 6.61 Å². The molecule has 0 fully saturated rings. The number of nitrogens with one attached hydrogen (secondary N) is 2. The molecule has 0 atom stereocenters. The summed E-state index contributed by atoms with van der Waals surface area (Å²) in [6, 6.07) is 12.4. The van der Waals surface area contributed by atoms with Crippen LogP contribution in [0.5, 0.6) is 5.75 Å². The Morgan fingerprint density at radius 1 is 1.02 bits per heavy atom. The number of rotatable bonds is 8. The van der Waals surface area contributed by atoms with Crippen LogP contribution in [-0.4, -0.2) is 41.0 Å². The number of nitrogens with two attached hydrogens (primary N) is 1. The molecule has 3 heterocycles. The molecule has 2 aromatic carbocycles. The number of amides is 2. The van der Waals surface area contributed by atoms with Crippen molar-refractivity contribution in [3.63, 3.8) is 0 Å². The van der Waals surface area contributed by atoms with Crippen molar-refractivity contribution in [1.82, 2.24) is 10.3 Å². The van der Waals surface area contributed by atoms with Gasteiger partial charge in [-0.25, -0.2) is 9.78 Å². The molecule has 43 heavy (non-hydrogen) atoms. The first-order valence-electron chi connectivity index (χ1n) is 14.1. The topological polar surface area (TPSA) is 144 Å². The second-order valence-corrected chi connectivity index (χ2v) is 11.9. The summed E-state index contributed by atoms with van der Waals surface area (Å²) in [4.78, 5) is 44.5. The van der Waals surface area contributed by atoms with Gasteiger partial charge in [-0.3, -0.25) is 9.59 Å². The van der Waals surface area contributed by atoms with Crippen molar-refractivity contribution in [3.8, 4) is 27.3 Å². The zero-order valence-electron chi connectivity index (χ0n) is 24.5. The molecule has 0 spiro atoms. The molecule has 2 aromatic heterocycles. The van der Waals surface area contributed by atoms with Crippen LogP contribution in [0, 0.1) is 19.8 Å². The molecule has 5 N–H and O–H groups in total. The van der Waals surface area contributed by atoms with Gasteiger partial charge < -0.3 is 26.2 Å². The molecule has 0 saturated carbocycles. The van der Waals surface area contributed by atoms with Crippen LogP contribution in [-0.2, 0) is 13.0 Å². The van der Waals surface area contributed by atoms with Gasteiger partial charge in [0, 0.05) is 52.3 Å². The Kier molecular flexibility index (Phi) is 8.61. The fraction of sp³-hybridized carbons (Fsp3) is 0.273. The van der Waals surface area contributed by atoms with Crippen molar-refractivity contribution in [3.05, 3.63) is 87.0 Å². The molecule has 2 amide bonds. The summed E-state index contributed by atoms with van der Waals surface area (Å²) < 4.78 is 6.12. The number of carbonyl (C=O) groups is 3. The third-order valence-corrected chi connectivity index (χ3v) is 8.33. The summed E-state index contributed by atoms with van der Waals surface area (Å²) >= 11 is 1.56. The Labute approximate surface area is 254 Å². The molecular weight excluding hydrogens is 564 g/mol. The Balaban J connectivity index is 1.67. The number of nitrogens with zero attached hydrogens (tertiary/aromatic N) is 1. The van der Waals surface area contributed by atoms with Crippen molar-refractivity contribution < 1.29 is 24.2 Å². The number of aromatic nitrogens is 1. The summed E-state index contributed by atoms with van der Waals surface area (Å²) in [6.45, 7) is 8.97. The van der Waals surface area contributed by atoms with E-state index in [1.807, 2.05) is 51.3 Å². The molecule has 0 aliphatic carbocycles. The lowest BCUT2D eigenvalue weighted by Crippen LogP contribution is -2.28. The summed E-state index contributed by atoms with van der Waals surface area (Å²) in [6.07, 6.45) is 0.707. The van der Waals surface area contributed by atoms with Crippen molar-refractivity contribution >= 4 is 34.8 Å². The maximum atomic E-state index is 14.1. The largest absolute Gasteiger partial charge is 0.493 e. The van der Waals surface area contributed by atoms with Crippen LogP contribution in [0.4, 0.5) is 5.69 Å². The van der Waals surface area contributed by atoms with Crippen LogP contribution >= 0.6 is 11.3 Å². The number of ether oxygens (including phenoxy) is 1. The number of carboxylic acid groups (broad SMARTS) is 1. The molecule has 222 valence electrons. The second-order valence-electron chi connectivity index (χ2n) is 11.0. The van der Waals surface area contributed by atoms with Gasteiger partial charge in [0.2, 0.25) is 0 Å². The van der Waals surface area contributed by atoms with Crippen molar-refractivity contribution in [2.75, 3.05) is 18.5 Å². The SMILES string of the molecule is Cc1cc(CN)cc(C)c1NC(=O)c1cc2c(cc1-c1ccc(C(=O)NCC(C)C)nc1C(=O)O)OCCc1ccsc1-2. The van der Waals surface area contributed by atoms with Crippen LogP contribution < -0.4 is 21.1 Å². The number of fused-ring (bicyclic) bond motifs is 3. The van der Waals surface area contributed by atoms with E-state index in [1.165, 1.54) is 12.1 Å². The van der Waals surface area contributed by atoms with E-state index in [0.717, 1.165) is 32.7 Å². The zero-order valence-corrected chi connectivity index (χ0v) is 25.4. The number of benzene rings is 2. The van der Waals surface area contributed by atoms with E-state index in [-0.39, 0.29) is 28.4 Å². The average molecular weight is 599 g/mol. The monoisotopic (exact) mass is 598 g/mol. The highest BCUT2D eigenvalue weighted by Crippen LogP contribution is 2.43. The number of aryl methyl sites for hydroxylation is 2. The number of hydrogen-bond donors (Lipinski definition) is 4. The van der Waals surface area contributed by atoms with Gasteiger partial charge in [-0.1, -0.05) is 26.0 Å². The summed E-state index contributed by atoms with van der Waals surface area (Å²) in [5.41, 5.74) is 11.5. The van der Waals surface area contributed by atoms with Crippen LogP contribution in [0.3, 0.4) is 0 Å². The summed E-state index contributed by atoms with van der Waals surface area (Å²) in [5, 5.41) is 18.0. The fourth-order valence-electron chi connectivity index (χ4n) is 5.23. The lowest BCUT2D eigenvalue weighted by Gasteiger charge is -2.18. The minimum atomic E-state index is -1.32. The molecule has 1 aliphatic heterocycles. The molecule has 0 radical (unpaired) electrons. The fourth-order valence-corrected chi connectivity index (χ4v) is 6.21. The number of carbonyl (C=O) groups excluding carboxylic acids is 2. The molecule has 0 unspecified atom stereocenters. The van der Waals surface area contributed by atoms with E-state index in [0.29, 0.717) is 43.1 Å². The molecule has 5 rings (SSSR count). The van der Waals surface area contributed by atoms with E-state index in [2.05, 4.69) is 15.6 Å². The van der Waals surface area contributed by atoms with Crippen LogP contribution in [0.1, 0.15) is 67.4 Å². The van der Waals surface area contributed by atoms with E-state index >= 15 is 0 Å². The number of thiophene rings is 1. The molecule has 10 heteroatoms. The number of anilines is 1. The van der Waals surface area contributed by atoms with Gasteiger partial charge >= 0.3 is 5.97 Å². The van der Waals surface area contributed by atoms with E-state index in [9.17, 15) is 19.5 Å². The lowest BCUT2D eigenvalue weighted by molar-refractivity contribution is 0.0691. The van der Waals surface area contributed by atoms with Crippen LogP contribution in [0.15, 0.2) is 47.8 Å². The first-order valence-corrected chi connectivity index (χ1v) is 15.0. The first-order chi connectivity index (χ1) is 20.6. The Hall–Kier alpha value is -4.54. The van der Waals surface area contributed by atoms with Gasteiger partial charge in [0.1, 0.15) is 11.4 Å². The number of aromatic carboxylic acids is 1. The Bertz CT molecular complexity index is 1720. The predicted octanol–water partition coefficient (Wildman–Crippen LogP) is 5.82. The number of pyridine rings is 1. The molecule has 0 saturated heterocycles. The third kappa shape index (κ3) is 6.16. The smallest absolute Gasteiger partial charge is 0.355 e. The number of hydrogen-bond acceptors (Lipinski definition) is 7. The molecule has 1 aliphatic rings. The minimum Gasteiger partial charge on any atom is -0.493 e. The van der Waals surface area contributed by atoms with Crippen molar-refractivity contribution in [2.24, 2.45) is 11.7 Å². The highest BCUT2D eigenvalue weighted by molar-refractivity contribution is 7.13. The highest BCUT2D eigenvalue weighted by atomic mass is 32.1. The van der Waals surface area contributed by atoms with Crippen molar-refractivity contribution in [1.29, 1.82) is 0 Å². The van der Waals surface area contributed by atoms with E-state index < -0.39 is 17.8 Å².